The fourth-order valence-electron chi connectivity index (χ4n) is 6.22. The molecule has 1 heterocycles. The molecule has 0 aromatic heterocycles. The van der Waals surface area contributed by atoms with E-state index in [1.54, 1.807) is 11.4 Å². The fraction of sp³-hybridized carbons (Fsp3) is 0.390. The van der Waals surface area contributed by atoms with E-state index < -0.39 is 7.81 Å². The fourth-order valence-corrected chi connectivity index (χ4v) is 6.87. The number of hydrogen-bond acceptors (Lipinski definition) is 0. The summed E-state index contributed by atoms with van der Waals surface area (Å²) in [6, 6.07) is 23.9. The first-order chi connectivity index (χ1) is 21.8. The second-order valence-electron chi connectivity index (χ2n) is 17.2. The zero-order valence-corrected chi connectivity index (χ0v) is 32.3. The van der Waals surface area contributed by atoms with E-state index in [4.69, 9.17) is 0 Å². The van der Waals surface area contributed by atoms with Crippen LogP contribution < -0.4 is 0 Å². The van der Waals surface area contributed by atoms with Crippen LogP contribution in [0.15, 0.2) is 77.7 Å². The second-order valence-corrected chi connectivity index (χ2v) is 19.9. The molecule has 0 radical (unpaired) electrons. The van der Waals surface area contributed by atoms with Crippen LogP contribution in [0.5, 0.6) is 0 Å². The molecular formula is C41H49F6PS. The van der Waals surface area contributed by atoms with Gasteiger partial charge < -0.3 is 0 Å². The summed E-state index contributed by atoms with van der Waals surface area (Å²) in [4.78, 5) is 0. The van der Waals surface area contributed by atoms with Crippen molar-refractivity contribution in [2.75, 3.05) is 0 Å². The van der Waals surface area contributed by atoms with E-state index in [-0.39, 0.29) is 21.7 Å². The molecule has 4 aliphatic carbocycles. The van der Waals surface area contributed by atoms with E-state index in [2.05, 4.69) is 161 Å². The molecular weight excluding hydrogens is 669 g/mol. The third-order valence-electron chi connectivity index (χ3n) is 8.73. The number of halogens is 6. The molecule has 49 heavy (non-hydrogen) atoms. The van der Waals surface area contributed by atoms with E-state index >= 15 is 0 Å². The van der Waals surface area contributed by atoms with Gasteiger partial charge in [0.25, 0.3) is 0 Å². The van der Waals surface area contributed by atoms with E-state index in [1.807, 2.05) is 0 Å². The number of allylic oxidation sites excluding steroid dienone is 2. The molecule has 0 amide bonds. The normalized spacial score (nSPS) is 15.7. The van der Waals surface area contributed by atoms with Crippen molar-refractivity contribution in [3.63, 3.8) is 0 Å². The second kappa shape index (κ2) is 11.8. The standard InChI is InChI=1S/C41H49S.F6P/c1-38(2,3)27-13-17-29-31(19-15-27)35(40(7,8)9)23-33(29)37(26-21-22-42-25-26)34-24-36(41(10,11)12)32-20-16-28(39(4,5)6)14-18-30(32)34;1-7(2,3,4,5)6/h13-25H,1-12H3;/q+1;-1. The molecule has 266 valence electrons. The van der Waals surface area contributed by atoms with E-state index in [9.17, 15) is 25.2 Å². The van der Waals surface area contributed by atoms with Crippen LogP contribution in [0.3, 0.4) is 0 Å². The minimum atomic E-state index is -10.7. The van der Waals surface area contributed by atoms with Gasteiger partial charge in [-0.2, -0.15) is 0 Å². The topological polar surface area (TPSA) is 0 Å². The van der Waals surface area contributed by atoms with Gasteiger partial charge in [0.1, 0.15) is 0 Å². The number of hydrogen-bond donors (Lipinski definition) is 0. The zero-order chi connectivity index (χ0) is 37.2. The Kier molecular flexibility index (Phi) is 9.31. The Balaban J connectivity index is 0.000000698. The van der Waals surface area contributed by atoms with Crippen molar-refractivity contribution in [2.24, 2.45) is 0 Å². The van der Waals surface area contributed by atoms with Gasteiger partial charge in [-0.1, -0.05) is 132 Å². The van der Waals surface area contributed by atoms with Crippen LogP contribution in [0.1, 0.15) is 116 Å². The average molecular weight is 719 g/mol. The molecule has 0 bridgehead atoms. The zero-order valence-electron chi connectivity index (χ0n) is 30.6. The van der Waals surface area contributed by atoms with Crippen molar-refractivity contribution in [3.05, 3.63) is 111 Å². The maximum atomic E-state index is 9.87. The number of rotatable bonds is 2. The van der Waals surface area contributed by atoms with Gasteiger partial charge in [0, 0.05) is 17.2 Å². The first-order valence-electron chi connectivity index (χ1n) is 16.4. The summed E-state index contributed by atoms with van der Waals surface area (Å²) >= 11 is 1.78. The van der Waals surface area contributed by atoms with Gasteiger partial charge in [-0.25, -0.2) is 0 Å². The Bertz CT molecular complexity index is 1780. The van der Waals surface area contributed by atoms with Crippen LogP contribution in [-0.2, 0) is 33.0 Å². The Morgan fingerprint density at radius 2 is 0.816 bits per heavy atom. The van der Waals surface area contributed by atoms with E-state index in [0.717, 1.165) is 0 Å². The Morgan fingerprint density at radius 1 is 0.490 bits per heavy atom. The predicted molar refractivity (Wildman–Crippen MR) is 203 cm³/mol. The van der Waals surface area contributed by atoms with Crippen molar-refractivity contribution in [2.45, 2.75) is 105 Å². The van der Waals surface area contributed by atoms with Gasteiger partial charge in [-0.15, -0.1) is 0 Å². The van der Waals surface area contributed by atoms with Crippen LogP contribution in [-0.4, -0.2) is 5.37 Å². The molecule has 0 nitrogen and oxygen atoms in total. The summed E-state index contributed by atoms with van der Waals surface area (Å²) in [5.74, 6) is 0. The summed E-state index contributed by atoms with van der Waals surface area (Å²) < 4.78 is 59.2. The molecule has 0 fully saturated rings. The van der Waals surface area contributed by atoms with Crippen LogP contribution in [0.2, 0.25) is 0 Å². The van der Waals surface area contributed by atoms with Crippen LogP contribution in [0, 0.1) is 0 Å². The van der Waals surface area contributed by atoms with Gasteiger partial charge in [0.05, 0.1) is 0 Å². The van der Waals surface area contributed by atoms with Gasteiger partial charge in [-0.05, 0) is 89.4 Å². The summed E-state index contributed by atoms with van der Waals surface area (Å²) in [7, 11) is -10.7. The van der Waals surface area contributed by atoms with E-state index in [1.165, 1.54) is 66.8 Å². The summed E-state index contributed by atoms with van der Waals surface area (Å²) in [6.07, 6.45) is 2.30. The third kappa shape index (κ3) is 9.82. The van der Waals surface area contributed by atoms with Crippen molar-refractivity contribution in [3.8, 4) is 22.3 Å². The first-order valence-corrected chi connectivity index (χ1v) is 19.4. The van der Waals surface area contributed by atoms with Crippen molar-refractivity contribution in [1.82, 2.24) is 0 Å². The molecule has 0 aromatic carbocycles. The summed E-state index contributed by atoms with van der Waals surface area (Å²) in [5.41, 5.74) is 16.4. The molecule has 0 saturated carbocycles. The Hall–Kier alpha value is -3.02. The predicted octanol–water partition coefficient (Wildman–Crippen LogP) is 14.7. The molecule has 1 aliphatic heterocycles. The Morgan fingerprint density at radius 3 is 1.08 bits per heavy atom. The molecule has 0 aromatic rings. The van der Waals surface area contributed by atoms with Crippen molar-refractivity contribution < 1.29 is 25.2 Å². The maximum absolute atomic E-state index is 10.7. The van der Waals surface area contributed by atoms with E-state index in [0.29, 0.717) is 0 Å². The Labute approximate surface area is 292 Å². The third-order valence-corrected chi connectivity index (χ3v) is 9.42. The minimum absolute atomic E-state index is 0.0191. The SMILES string of the molecule is CC(C)(C)c1ccc2c(C(=C3C=C[S+]=C3)c3cc(C(C)(C)C)c4ccc(C(C)(C)C)ccc3-4)cc(C(C)(C)C)c-2cc1.F[P-](F)(F)(F)(F)F. The number of fused-ring (bicyclic) bond motifs is 2. The van der Waals surface area contributed by atoms with Gasteiger partial charge in [0.2, 0.25) is 16.7 Å². The van der Waals surface area contributed by atoms with Crippen molar-refractivity contribution >= 4 is 30.1 Å². The average Bonchev–Trinajstić information content (AvgIpc) is 3.52. The van der Waals surface area contributed by atoms with Crippen LogP contribution >= 0.6 is 7.81 Å². The quantitative estimate of drug-likeness (QED) is 0.0636. The molecule has 0 spiro atoms. The van der Waals surface area contributed by atoms with Crippen LogP contribution in [0.25, 0.3) is 27.8 Å². The molecule has 8 heteroatoms. The molecule has 0 unspecified atom stereocenters. The van der Waals surface area contributed by atoms with Crippen molar-refractivity contribution in [1.29, 1.82) is 0 Å². The first kappa shape index (κ1) is 38.8. The van der Waals surface area contributed by atoms with Gasteiger partial charge >= 0.3 is 33.0 Å². The summed E-state index contributed by atoms with van der Waals surface area (Å²) in [6.45, 7) is 27.9. The van der Waals surface area contributed by atoms with Gasteiger partial charge in [-0.3, -0.25) is 0 Å². The molecule has 5 aliphatic rings. The molecule has 0 atom stereocenters. The van der Waals surface area contributed by atoms with Gasteiger partial charge in [0.15, 0.2) is 5.41 Å². The molecule has 0 saturated heterocycles. The monoisotopic (exact) mass is 718 g/mol. The molecule has 0 N–H and O–H groups in total. The molecule has 5 rings (SSSR count). The summed E-state index contributed by atoms with van der Waals surface area (Å²) in [5, 5.41) is 4.55. The van der Waals surface area contributed by atoms with Crippen LogP contribution in [0.4, 0.5) is 25.2 Å².